The van der Waals surface area contributed by atoms with E-state index in [1.54, 1.807) is 0 Å². The summed E-state index contributed by atoms with van der Waals surface area (Å²) in [5.74, 6) is 1.84. The van der Waals surface area contributed by atoms with Crippen LogP contribution in [-0.2, 0) is 4.74 Å². The van der Waals surface area contributed by atoms with Gasteiger partial charge in [-0.25, -0.2) is 4.98 Å². The van der Waals surface area contributed by atoms with Gasteiger partial charge in [0.25, 0.3) is 0 Å². The second-order valence-electron chi connectivity index (χ2n) is 6.36. The van der Waals surface area contributed by atoms with Crippen LogP contribution in [0.15, 0.2) is 36.4 Å². The van der Waals surface area contributed by atoms with Crippen LogP contribution in [0.4, 0.5) is 11.8 Å². The molecule has 3 rings (SSSR count). The Kier molecular flexibility index (Phi) is 6.23. The molecule has 2 heterocycles. The normalized spacial score (nSPS) is 14.6. The summed E-state index contributed by atoms with van der Waals surface area (Å²) in [6.07, 6.45) is 2.22. The average Bonchev–Trinajstić information content (AvgIpc) is 2.69. The monoisotopic (exact) mass is 340 g/mol. The lowest BCUT2D eigenvalue weighted by Gasteiger charge is -2.29. The standard InChI is InChI=1S/C20H28N4O/c1-3-10-23(11-4-2)19-16-18(17-8-6-5-7-9-17)21-20(22-19)24-12-14-25-15-13-24/h5-9,16H,3-4,10-15H2,1-2H3. The van der Waals surface area contributed by atoms with E-state index in [2.05, 4.69) is 54.0 Å². The quantitative estimate of drug-likeness (QED) is 0.770. The van der Waals surface area contributed by atoms with Crippen LogP contribution >= 0.6 is 0 Å². The predicted molar refractivity (Wildman–Crippen MR) is 103 cm³/mol. The number of aromatic nitrogens is 2. The Hall–Kier alpha value is -2.14. The van der Waals surface area contributed by atoms with Crippen LogP contribution < -0.4 is 9.80 Å². The molecular formula is C20H28N4O. The van der Waals surface area contributed by atoms with E-state index in [0.29, 0.717) is 0 Å². The van der Waals surface area contributed by atoms with Gasteiger partial charge in [0, 0.05) is 37.8 Å². The zero-order valence-corrected chi connectivity index (χ0v) is 15.3. The van der Waals surface area contributed by atoms with E-state index < -0.39 is 0 Å². The molecule has 0 saturated carbocycles. The SMILES string of the molecule is CCCN(CCC)c1cc(-c2ccccc2)nc(N2CCOCC2)n1. The minimum Gasteiger partial charge on any atom is -0.378 e. The van der Waals surface area contributed by atoms with E-state index in [1.807, 2.05) is 6.07 Å². The summed E-state index contributed by atoms with van der Waals surface area (Å²) in [5.41, 5.74) is 2.12. The highest BCUT2D eigenvalue weighted by molar-refractivity contribution is 5.65. The van der Waals surface area contributed by atoms with Crippen molar-refractivity contribution in [3.8, 4) is 11.3 Å². The Labute approximate surface area is 150 Å². The third-order valence-corrected chi connectivity index (χ3v) is 4.38. The molecule has 0 atom stereocenters. The first-order valence-corrected chi connectivity index (χ1v) is 9.34. The van der Waals surface area contributed by atoms with Gasteiger partial charge in [0.15, 0.2) is 0 Å². The number of hydrogen-bond donors (Lipinski definition) is 0. The van der Waals surface area contributed by atoms with Crippen molar-refractivity contribution in [1.29, 1.82) is 0 Å². The van der Waals surface area contributed by atoms with Gasteiger partial charge in [0.1, 0.15) is 5.82 Å². The molecular weight excluding hydrogens is 312 g/mol. The number of rotatable bonds is 7. The Bertz CT molecular complexity index is 650. The fourth-order valence-corrected chi connectivity index (χ4v) is 3.13. The molecule has 0 spiro atoms. The number of morpholine rings is 1. The van der Waals surface area contributed by atoms with E-state index in [4.69, 9.17) is 14.7 Å². The van der Waals surface area contributed by atoms with Crippen molar-refractivity contribution in [3.05, 3.63) is 36.4 Å². The Morgan fingerprint density at radius 1 is 1.00 bits per heavy atom. The maximum absolute atomic E-state index is 5.48. The van der Waals surface area contributed by atoms with Crippen molar-refractivity contribution in [2.45, 2.75) is 26.7 Å². The maximum atomic E-state index is 5.48. The Morgan fingerprint density at radius 3 is 2.32 bits per heavy atom. The van der Waals surface area contributed by atoms with Crippen LogP contribution in [0.5, 0.6) is 0 Å². The lowest BCUT2D eigenvalue weighted by atomic mass is 10.1. The van der Waals surface area contributed by atoms with Crippen LogP contribution in [-0.4, -0.2) is 49.4 Å². The molecule has 0 radical (unpaired) electrons. The summed E-state index contributed by atoms with van der Waals surface area (Å²) in [5, 5.41) is 0. The van der Waals surface area contributed by atoms with Crippen molar-refractivity contribution in [3.63, 3.8) is 0 Å². The molecule has 25 heavy (non-hydrogen) atoms. The van der Waals surface area contributed by atoms with Crippen LogP contribution in [0.3, 0.4) is 0 Å². The summed E-state index contributed by atoms with van der Waals surface area (Å²) in [6, 6.07) is 12.5. The first-order chi connectivity index (χ1) is 12.3. The van der Waals surface area contributed by atoms with Gasteiger partial charge in [-0.3, -0.25) is 0 Å². The lowest BCUT2D eigenvalue weighted by molar-refractivity contribution is 0.122. The molecule has 0 bridgehead atoms. The summed E-state index contributed by atoms with van der Waals surface area (Å²) in [7, 11) is 0. The van der Waals surface area contributed by atoms with Crippen LogP contribution in [0.2, 0.25) is 0 Å². The summed E-state index contributed by atoms with van der Waals surface area (Å²) in [4.78, 5) is 14.4. The highest BCUT2D eigenvalue weighted by atomic mass is 16.5. The number of hydrogen-bond acceptors (Lipinski definition) is 5. The first kappa shape index (κ1) is 17.7. The van der Waals surface area contributed by atoms with E-state index in [-0.39, 0.29) is 0 Å². The fraction of sp³-hybridized carbons (Fsp3) is 0.500. The molecule has 2 aromatic rings. The van der Waals surface area contributed by atoms with Crippen molar-refractivity contribution < 1.29 is 4.74 Å². The van der Waals surface area contributed by atoms with Gasteiger partial charge in [-0.2, -0.15) is 4.98 Å². The van der Waals surface area contributed by atoms with Crippen LogP contribution in [0.1, 0.15) is 26.7 Å². The van der Waals surface area contributed by atoms with E-state index in [1.165, 1.54) is 0 Å². The Morgan fingerprint density at radius 2 is 1.68 bits per heavy atom. The van der Waals surface area contributed by atoms with Gasteiger partial charge in [-0.05, 0) is 12.8 Å². The van der Waals surface area contributed by atoms with Crippen molar-refractivity contribution in [2.24, 2.45) is 0 Å². The second kappa shape index (κ2) is 8.81. The average molecular weight is 340 g/mol. The van der Waals surface area contributed by atoms with Crippen LogP contribution in [0.25, 0.3) is 11.3 Å². The van der Waals surface area contributed by atoms with E-state index in [0.717, 1.165) is 75.3 Å². The van der Waals surface area contributed by atoms with Crippen LogP contribution in [0, 0.1) is 0 Å². The summed E-state index contributed by atoms with van der Waals surface area (Å²) >= 11 is 0. The predicted octanol–water partition coefficient (Wildman–Crippen LogP) is 3.61. The molecule has 5 nitrogen and oxygen atoms in total. The van der Waals surface area contributed by atoms with Gasteiger partial charge in [0.05, 0.1) is 18.9 Å². The van der Waals surface area contributed by atoms with Crippen molar-refractivity contribution >= 4 is 11.8 Å². The molecule has 134 valence electrons. The highest BCUT2D eigenvalue weighted by Crippen LogP contribution is 2.25. The fourth-order valence-electron chi connectivity index (χ4n) is 3.13. The minimum atomic E-state index is 0.738. The largest absolute Gasteiger partial charge is 0.378 e. The summed E-state index contributed by atoms with van der Waals surface area (Å²) in [6.45, 7) is 9.63. The Balaban J connectivity index is 2.00. The number of benzene rings is 1. The zero-order valence-electron chi connectivity index (χ0n) is 15.3. The second-order valence-corrected chi connectivity index (χ2v) is 6.36. The molecule has 1 aromatic heterocycles. The smallest absolute Gasteiger partial charge is 0.228 e. The van der Waals surface area contributed by atoms with Crippen molar-refractivity contribution in [1.82, 2.24) is 9.97 Å². The van der Waals surface area contributed by atoms with Gasteiger partial charge in [-0.1, -0.05) is 44.2 Å². The molecule has 1 saturated heterocycles. The maximum Gasteiger partial charge on any atom is 0.228 e. The number of nitrogens with zero attached hydrogens (tertiary/aromatic N) is 4. The topological polar surface area (TPSA) is 41.5 Å². The zero-order chi connectivity index (χ0) is 17.5. The van der Waals surface area contributed by atoms with Crippen molar-refractivity contribution in [2.75, 3.05) is 49.2 Å². The molecule has 1 aliphatic rings. The molecule has 1 fully saturated rings. The number of anilines is 2. The minimum absolute atomic E-state index is 0.738. The molecule has 5 heteroatoms. The van der Waals surface area contributed by atoms with E-state index >= 15 is 0 Å². The van der Waals surface area contributed by atoms with Gasteiger partial charge in [0.2, 0.25) is 5.95 Å². The molecule has 1 aromatic carbocycles. The molecule has 0 unspecified atom stereocenters. The first-order valence-electron chi connectivity index (χ1n) is 9.34. The summed E-state index contributed by atoms with van der Waals surface area (Å²) < 4.78 is 5.48. The number of ether oxygens (including phenoxy) is 1. The third-order valence-electron chi connectivity index (χ3n) is 4.38. The molecule has 1 aliphatic heterocycles. The van der Waals surface area contributed by atoms with Gasteiger partial charge < -0.3 is 14.5 Å². The van der Waals surface area contributed by atoms with Gasteiger partial charge >= 0.3 is 0 Å². The lowest BCUT2D eigenvalue weighted by Crippen LogP contribution is -2.38. The molecule has 0 N–H and O–H groups in total. The third kappa shape index (κ3) is 4.48. The highest BCUT2D eigenvalue weighted by Gasteiger charge is 2.18. The molecule has 0 amide bonds. The van der Waals surface area contributed by atoms with E-state index in [9.17, 15) is 0 Å². The molecule has 0 aliphatic carbocycles. The van der Waals surface area contributed by atoms with Gasteiger partial charge in [-0.15, -0.1) is 0 Å².